The van der Waals surface area contributed by atoms with Gasteiger partial charge in [-0.25, -0.2) is 0 Å². The summed E-state index contributed by atoms with van der Waals surface area (Å²) in [5.74, 6) is 0. The van der Waals surface area contributed by atoms with Crippen molar-refractivity contribution in [3.05, 3.63) is 107 Å². The molecule has 0 unspecified atom stereocenters. The van der Waals surface area contributed by atoms with E-state index < -0.39 is 0 Å². The smallest absolute Gasteiger partial charge is 0.0987 e. The number of allylic oxidation sites excluding steroid dienone is 1. The van der Waals surface area contributed by atoms with Crippen LogP contribution in [-0.2, 0) is 0 Å². The zero-order chi connectivity index (χ0) is 17.9. The van der Waals surface area contributed by atoms with Gasteiger partial charge in [0.2, 0.25) is 0 Å². The van der Waals surface area contributed by atoms with Gasteiger partial charge in [0.15, 0.2) is 0 Å². The lowest BCUT2D eigenvalue weighted by Gasteiger charge is -2.30. The fourth-order valence-electron chi connectivity index (χ4n) is 3.11. The standard InChI is InChI=1S/C23H20N2S/c1-17-13-15-21(16-14-17)25-23(20-11-7-4-8-12-20)18(2)22(24-26-25)19-9-5-3-6-10-19/h3-16H,1-2H3. The molecule has 2 nitrogen and oxygen atoms in total. The first-order valence-corrected chi connectivity index (χ1v) is 9.41. The Morgan fingerprint density at radius 2 is 1.27 bits per heavy atom. The monoisotopic (exact) mass is 356 g/mol. The van der Waals surface area contributed by atoms with E-state index in [9.17, 15) is 0 Å². The molecule has 26 heavy (non-hydrogen) atoms. The topological polar surface area (TPSA) is 15.6 Å². The summed E-state index contributed by atoms with van der Waals surface area (Å²) in [4.78, 5) is 0. The second kappa shape index (κ2) is 7.22. The van der Waals surface area contributed by atoms with E-state index in [2.05, 4.69) is 97.0 Å². The van der Waals surface area contributed by atoms with Crippen LogP contribution in [0.4, 0.5) is 5.69 Å². The maximum absolute atomic E-state index is 4.84. The molecule has 0 radical (unpaired) electrons. The highest BCUT2D eigenvalue weighted by molar-refractivity contribution is 8.00. The molecule has 1 aliphatic heterocycles. The van der Waals surface area contributed by atoms with Gasteiger partial charge in [0, 0.05) is 11.1 Å². The van der Waals surface area contributed by atoms with E-state index in [1.54, 1.807) is 0 Å². The van der Waals surface area contributed by atoms with Gasteiger partial charge in [0.05, 0.1) is 29.2 Å². The van der Waals surface area contributed by atoms with Gasteiger partial charge in [-0.3, -0.25) is 4.31 Å². The van der Waals surface area contributed by atoms with Crippen LogP contribution in [0.1, 0.15) is 23.6 Å². The minimum atomic E-state index is 1.04. The van der Waals surface area contributed by atoms with Crippen molar-refractivity contribution < 1.29 is 0 Å². The van der Waals surface area contributed by atoms with E-state index in [1.165, 1.54) is 34.5 Å². The second-order valence-electron chi connectivity index (χ2n) is 6.36. The van der Waals surface area contributed by atoms with Crippen molar-refractivity contribution in [3.63, 3.8) is 0 Å². The molecule has 0 atom stereocenters. The van der Waals surface area contributed by atoms with Crippen molar-refractivity contribution in [1.82, 2.24) is 0 Å². The lowest BCUT2D eigenvalue weighted by molar-refractivity contribution is 1.35. The van der Waals surface area contributed by atoms with E-state index in [0.29, 0.717) is 0 Å². The number of nitrogens with zero attached hydrogens (tertiary/aromatic N) is 2. The maximum Gasteiger partial charge on any atom is 0.0987 e. The first kappa shape index (κ1) is 16.7. The summed E-state index contributed by atoms with van der Waals surface area (Å²) in [5, 5.41) is 0. The van der Waals surface area contributed by atoms with Gasteiger partial charge in [-0.05, 0) is 31.5 Å². The Bertz CT molecular complexity index is 958. The quantitative estimate of drug-likeness (QED) is 0.512. The molecule has 0 amide bonds. The molecule has 0 spiro atoms. The molecule has 3 heteroatoms. The molecular formula is C23H20N2S. The summed E-state index contributed by atoms with van der Waals surface area (Å²) in [6.45, 7) is 4.27. The fourth-order valence-corrected chi connectivity index (χ4v) is 4.05. The summed E-state index contributed by atoms with van der Waals surface area (Å²) >= 11 is 1.50. The molecule has 1 heterocycles. The zero-order valence-electron chi connectivity index (χ0n) is 14.9. The molecule has 4 rings (SSSR count). The van der Waals surface area contributed by atoms with E-state index >= 15 is 0 Å². The van der Waals surface area contributed by atoms with Gasteiger partial charge >= 0.3 is 0 Å². The third-order valence-corrected chi connectivity index (χ3v) is 5.31. The van der Waals surface area contributed by atoms with Crippen LogP contribution in [0.25, 0.3) is 5.70 Å². The molecule has 0 fully saturated rings. The minimum Gasteiger partial charge on any atom is -0.264 e. The largest absolute Gasteiger partial charge is 0.264 e. The molecule has 3 aromatic rings. The van der Waals surface area contributed by atoms with Gasteiger partial charge in [-0.1, -0.05) is 78.4 Å². The Kier molecular flexibility index (Phi) is 4.63. The molecule has 0 saturated heterocycles. The first-order valence-electron chi connectivity index (χ1n) is 8.68. The lowest BCUT2D eigenvalue weighted by Crippen LogP contribution is -2.21. The molecule has 0 aliphatic carbocycles. The summed E-state index contributed by atoms with van der Waals surface area (Å²) in [7, 11) is 0. The van der Waals surface area contributed by atoms with Gasteiger partial charge in [0.1, 0.15) is 0 Å². The molecule has 0 bridgehead atoms. The number of benzene rings is 3. The van der Waals surface area contributed by atoms with E-state index in [0.717, 1.165) is 17.0 Å². The Morgan fingerprint density at radius 3 is 1.88 bits per heavy atom. The third-order valence-electron chi connectivity index (χ3n) is 4.49. The van der Waals surface area contributed by atoms with Crippen molar-refractivity contribution in [3.8, 4) is 0 Å². The van der Waals surface area contributed by atoms with Crippen LogP contribution in [0.15, 0.2) is 94.9 Å². The summed E-state index contributed by atoms with van der Waals surface area (Å²) < 4.78 is 7.06. The lowest BCUT2D eigenvalue weighted by atomic mass is 9.98. The number of hydrogen-bond donors (Lipinski definition) is 0. The molecule has 0 N–H and O–H groups in total. The number of rotatable bonds is 3. The van der Waals surface area contributed by atoms with Crippen LogP contribution in [0.3, 0.4) is 0 Å². The van der Waals surface area contributed by atoms with Crippen LogP contribution in [0.2, 0.25) is 0 Å². The normalized spacial score (nSPS) is 14.4. The van der Waals surface area contributed by atoms with Crippen molar-refractivity contribution in [2.45, 2.75) is 13.8 Å². The molecular weight excluding hydrogens is 336 g/mol. The predicted octanol–water partition coefficient (Wildman–Crippen LogP) is 6.30. The molecule has 0 aromatic heterocycles. The van der Waals surface area contributed by atoms with Crippen molar-refractivity contribution in [2.75, 3.05) is 4.31 Å². The first-order chi connectivity index (χ1) is 12.7. The minimum absolute atomic E-state index is 1.04. The van der Waals surface area contributed by atoms with Crippen LogP contribution in [0, 0.1) is 6.92 Å². The summed E-state index contributed by atoms with van der Waals surface area (Å²) in [6, 6.07) is 29.5. The van der Waals surface area contributed by atoms with Crippen molar-refractivity contribution >= 4 is 29.2 Å². The van der Waals surface area contributed by atoms with Crippen molar-refractivity contribution in [1.29, 1.82) is 0 Å². The predicted molar refractivity (Wildman–Crippen MR) is 113 cm³/mol. The zero-order valence-corrected chi connectivity index (χ0v) is 15.7. The Labute approximate surface area is 159 Å². The van der Waals surface area contributed by atoms with Crippen LogP contribution in [0.5, 0.6) is 0 Å². The molecule has 128 valence electrons. The second-order valence-corrected chi connectivity index (χ2v) is 7.07. The fraction of sp³-hybridized carbons (Fsp3) is 0.0870. The highest BCUT2D eigenvalue weighted by Gasteiger charge is 2.25. The highest BCUT2D eigenvalue weighted by atomic mass is 32.2. The number of anilines is 1. The third kappa shape index (κ3) is 3.18. The number of aryl methyl sites for hydroxylation is 1. The Morgan fingerprint density at radius 1 is 0.692 bits per heavy atom. The molecule has 0 saturated carbocycles. The Hall–Kier alpha value is -2.78. The molecule has 3 aromatic carbocycles. The highest BCUT2D eigenvalue weighted by Crippen LogP contribution is 2.40. The Balaban J connectivity index is 1.85. The van der Waals surface area contributed by atoms with Gasteiger partial charge in [-0.15, -0.1) is 0 Å². The van der Waals surface area contributed by atoms with Gasteiger partial charge in [0.25, 0.3) is 0 Å². The summed E-state index contributed by atoms with van der Waals surface area (Å²) in [6.07, 6.45) is 0. The van der Waals surface area contributed by atoms with E-state index in [-0.39, 0.29) is 0 Å². The average Bonchev–Trinajstić information content (AvgIpc) is 2.70. The number of hydrogen-bond acceptors (Lipinski definition) is 3. The summed E-state index contributed by atoms with van der Waals surface area (Å²) in [5.41, 5.74) is 8.14. The van der Waals surface area contributed by atoms with E-state index in [1.807, 2.05) is 6.07 Å². The van der Waals surface area contributed by atoms with Crippen LogP contribution in [-0.4, -0.2) is 5.71 Å². The maximum atomic E-state index is 4.84. The molecule has 1 aliphatic rings. The van der Waals surface area contributed by atoms with Crippen molar-refractivity contribution in [2.24, 2.45) is 4.40 Å². The average molecular weight is 356 g/mol. The van der Waals surface area contributed by atoms with Crippen LogP contribution < -0.4 is 4.31 Å². The van der Waals surface area contributed by atoms with Gasteiger partial charge in [-0.2, -0.15) is 4.40 Å². The van der Waals surface area contributed by atoms with E-state index in [4.69, 9.17) is 4.40 Å². The van der Waals surface area contributed by atoms with Crippen LogP contribution >= 0.6 is 12.1 Å². The van der Waals surface area contributed by atoms with Gasteiger partial charge < -0.3 is 0 Å². The SMILES string of the molecule is CC1=C(c2ccccc2)N(c2ccc(C)cc2)SN=C1c1ccccc1.